The minimum atomic E-state index is 0.761. The lowest BCUT2D eigenvalue weighted by Crippen LogP contribution is -2.25. The van der Waals surface area contributed by atoms with Gasteiger partial charge >= 0.3 is 0 Å². The van der Waals surface area contributed by atoms with Crippen molar-refractivity contribution in [3.63, 3.8) is 0 Å². The van der Waals surface area contributed by atoms with E-state index in [-0.39, 0.29) is 0 Å². The highest BCUT2D eigenvalue weighted by molar-refractivity contribution is 4.54. The molecule has 0 aromatic carbocycles. The molecule has 0 rings (SSSR count). The van der Waals surface area contributed by atoms with Gasteiger partial charge in [-0.05, 0) is 38.1 Å². The van der Waals surface area contributed by atoms with Crippen molar-refractivity contribution in [1.29, 1.82) is 0 Å². The molecule has 0 spiro atoms. The molecule has 0 heterocycles. The van der Waals surface area contributed by atoms with Crippen molar-refractivity contribution >= 4 is 0 Å². The average molecular weight is 229 g/mol. The molecule has 0 aliphatic rings. The molecule has 0 aliphatic carbocycles. The van der Waals surface area contributed by atoms with Crippen LogP contribution in [-0.4, -0.2) is 38.3 Å². The van der Waals surface area contributed by atoms with Crippen LogP contribution in [0.4, 0.5) is 0 Å². The van der Waals surface area contributed by atoms with E-state index in [4.69, 9.17) is 4.74 Å². The van der Waals surface area contributed by atoms with E-state index in [2.05, 4.69) is 39.6 Å². The van der Waals surface area contributed by atoms with E-state index >= 15 is 0 Å². The van der Waals surface area contributed by atoms with Crippen molar-refractivity contribution in [3.8, 4) is 0 Å². The molecule has 98 valence electrons. The number of rotatable bonds is 10. The first-order valence-electron chi connectivity index (χ1n) is 6.78. The van der Waals surface area contributed by atoms with Crippen molar-refractivity contribution in [2.24, 2.45) is 11.8 Å². The molecule has 0 fully saturated rings. The third-order valence-corrected chi connectivity index (χ3v) is 2.58. The van der Waals surface area contributed by atoms with E-state index < -0.39 is 0 Å². The fourth-order valence-corrected chi connectivity index (χ4v) is 1.85. The highest BCUT2D eigenvalue weighted by Crippen LogP contribution is 2.03. The Kier molecular flexibility index (Phi) is 10.0. The van der Waals surface area contributed by atoms with Crippen LogP contribution in [0.3, 0.4) is 0 Å². The second-order valence-corrected chi connectivity index (χ2v) is 5.66. The second kappa shape index (κ2) is 10.1. The van der Waals surface area contributed by atoms with Crippen LogP contribution < -0.4 is 0 Å². The maximum atomic E-state index is 5.61. The van der Waals surface area contributed by atoms with Crippen LogP contribution in [0, 0.1) is 11.8 Å². The maximum Gasteiger partial charge on any atom is 0.0478 e. The van der Waals surface area contributed by atoms with Crippen molar-refractivity contribution in [2.45, 2.75) is 47.0 Å². The van der Waals surface area contributed by atoms with Crippen molar-refractivity contribution in [2.75, 3.05) is 33.4 Å². The number of hydrogen-bond donors (Lipinski definition) is 0. The monoisotopic (exact) mass is 229 g/mol. The molecule has 2 heteroatoms. The lowest BCUT2D eigenvalue weighted by molar-refractivity contribution is 0.117. The molecule has 0 saturated carbocycles. The molecule has 0 aromatic heterocycles. The summed E-state index contributed by atoms with van der Waals surface area (Å²) in [6.07, 6.45) is 3.65. The highest BCUT2D eigenvalue weighted by Gasteiger charge is 2.01. The van der Waals surface area contributed by atoms with Gasteiger partial charge in [0.2, 0.25) is 0 Å². The molecule has 2 nitrogen and oxygen atoms in total. The number of ether oxygens (including phenoxy) is 1. The fourth-order valence-electron chi connectivity index (χ4n) is 1.85. The minimum Gasteiger partial charge on any atom is -0.381 e. The Labute approximate surface area is 102 Å². The smallest absolute Gasteiger partial charge is 0.0478 e. The van der Waals surface area contributed by atoms with Crippen LogP contribution in [0.15, 0.2) is 0 Å². The molecule has 0 amide bonds. The summed E-state index contributed by atoms with van der Waals surface area (Å²) in [6, 6.07) is 0. The molecule has 0 aliphatic heterocycles. The molecular formula is C14H31NO. The second-order valence-electron chi connectivity index (χ2n) is 5.66. The standard InChI is InChI=1S/C14H31NO/c1-13(2)8-6-10-16-11-7-9-15(5)12-14(3)4/h13-14H,6-12H2,1-5H3. The van der Waals surface area contributed by atoms with E-state index in [0.29, 0.717) is 0 Å². The molecule has 16 heavy (non-hydrogen) atoms. The normalized spacial score (nSPS) is 12.0. The fraction of sp³-hybridized carbons (Fsp3) is 1.00. The summed E-state index contributed by atoms with van der Waals surface area (Å²) in [5, 5.41) is 0. The zero-order valence-corrected chi connectivity index (χ0v) is 12.0. The topological polar surface area (TPSA) is 12.5 Å². The lowest BCUT2D eigenvalue weighted by atomic mass is 10.1. The van der Waals surface area contributed by atoms with E-state index in [0.717, 1.165) is 38.0 Å². The zero-order valence-electron chi connectivity index (χ0n) is 12.0. The van der Waals surface area contributed by atoms with Crippen molar-refractivity contribution in [1.82, 2.24) is 4.90 Å². The summed E-state index contributed by atoms with van der Waals surface area (Å²) in [6.45, 7) is 13.3. The molecular weight excluding hydrogens is 198 g/mol. The van der Waals surface area contributed by atoms with Crippen molar-refractivity contribution < 1.29 is 4.74 Å². The van der Waals surface area contributed by atoms with Crippen LogP contribution in [-0.2, 0) is 4.74 Å². The first-order valence-corrected chi connectivity index (χ1v) is 6.78. The summed E-state index contributed by atoms with van der Waals surface area (Å²) in [4.78, 5) is 2.39. The van der Waals surface area contributed by atoms with Gasteiger partial charge in [0.1, 0.15) is 0 Å². The highest BCUT2D eigenvalue weighted by atomic mass is 16.5. The quantitative estimate of drug-likeness (QED) is 0.532. The van der Waals surface area contributed by atoms with E-state index in [9.17, 15) is 0 Å². The predicted molar refractivity (Wildman–Crippen MR) is 71.8 cm³/mol. The van der Waals surface area contributed by atoms with Gasteiger partial charge in [-0.25, -0.2) is 0 Å². The van der Waals surface area contributed by atoms with Gasteiger partial charge in [-0.1, -0.05) is 27.7 Å². The number of hydrogen-bond acceptors (Lipinski definition) is 2. The minimum absolute atomic E-state index is 0.761. The predicted octanol–water partition coefficient (Wildman–Crippen LogP) is 3.42. The van der Waals surface area contributed by atoms with Crippen LogP contribution >= 0.6 is 0 Å². The van der Waals surface area contributed by atoms with Gasteiger partial charge in [0, 0.05) is 26.3 Å². The van der Waals surface area contributed by atoms with Gasteiger partial charge in [0.15, 0.2) is 0 Å². The zero-order chi connectivity index (χ0) is 12.4. The van der Waals surface area contributed by atoms with Gasteiger partial charge in [-0.15, -0.1) is 0 Å². The molecule has 0 aromatic rings. The Bertz CT molecular complexity index is 146. The molecule has 0 bridgehead atoms. The van der Waals surface area contributed by atoms with Crippen LogP contribution in [0.1, 0.15) is 47.0 Å². The van der Waals surface area contributed by atoms with E-state index in [1.807, 2.05) is 0 Å². The van der Waals surface area contributed by atoms with Crippen LogP contribution in [0.2, 0.25) is 0 Å². The summed E-state index contributed by atoms with van der Waals surface area (Å²) >= 11 is 0. The van der Waals surface area contributed by atoms with Gasteiger partial charge in [-0.2, -0.15) is 0 Å². The Hall–Kier alpha value is -0.0800. The third kappa shape index (κ3) is 12.0. The Morgan fingerprint density at radius 1 is 0.938 bits per heavy atom. The first kappa shape index (κ1) is 15.9. The average Bonchev–Trinajstić information content (AvgIpc) is 2.14. The first-order chi connectivity index (χ1) is 7.52. The van der Waals surface area contributed by atoms with Gasteiger partial charge < -0.3 is 9.64 Å². The SMILES string of the molecule is CC(C)CCCOCCCN(C)CC(C)C. The van der Waals surface area contributed by atoms with Gasteiger partial charge in [-0.3, -0.25) is 0 Å². The number of nitrogens with zero attached hydrogens (tertiary/aromatic N) is 1. The molecule has 0 radical (unpaired) electrons. The largest absolute Gasteiger partial charge is 0.381 e. The molecule has 0 unspecified atom stereocenters. The summed E-state index contributed by atoms with van der Waals surface area (Å²) in [7, 11) is 2.19. The molecule has 0 N–H and O–H groups in total. The maximum absolute atomic E-state index is 5.61. The Morgan fingerprint density at radius 2 is 1.56 bits per heavy atom. The van der Waals surface area contributed by atoms with E-state index in [1.54, 1.807) is 0 Å². The summed E-state index contributed by atoms with van der Waals surface area (Å²) < 4.78 is 5.61. The lowest BCUT2D eigenvalue weighted by Gasteiger charge is -2.18. The van der Waals surface area contributed by atoms with Crippen LogP contribution in [0.5, 0.6) is 0 Å². The van der Waals surface area contributed by atoms with Gasteiger partial charge in [0.25, 0.3) is 0 Å². The Balaban J connectivity index is 3.14. The van der Waals surface area contributed by atoms with Crippen molar-refractivity contribution in [3.05, 3.63) is 0 Å². The van der Waals surface area contributed by atoms with Crippen LogP contribution in [0.25, 0.3) is 0 Å². The Morgan fingerprint density at radius 3 is 2.12 bits per heavy atom. The molecule has 0 atom stereocenters. The third-order valence-electron chi connectivity index (χ3n) is 2.58. The van der Waals surface area contributed by atoms with E-state index in [1.165, 1.54) is 19.4 Å². The molecule has 0 saturated heterocycles. The van der Waals surface area contributed by atoms with Gasteiger partial charge in [0.05, 0.1) is 0 Å². The summed E-state index contributed by atoms with van der Waals surface area (Å²) in [5.41, 5.74) is 0. The summed E-state index contributed by atoms with van der Waals surface area (Å²) in [5.74, 6) is 1.57.